The molecule has 0 aromatic heterocycles. The summed E-state index contributed by atoms with van der Waals surface area (Å²) in [6.07, 6.45) is 0. The van der Waals surface area contributed by atoms with Gasteiger partial charge in [-0.15, -0.1) is 0 Å². The highest BCUT2D eigenvalue weighted by Crippen LogP contribution is 1.74. The van der Waals surface area contributed by atoms with Gasteiger partial charge in [-0.2, -0.15) is 5.26 Å². The third-order valence-electron chi connectivity index (χ3n) is 0.880. The first-order valence-corrected chi connectivity index (χ1v) is 2.36. The van der Waals surface area contributed by atoms with Crippen LogP contribution in [-0.4, -0.2) is 25.0 Å². The second-order valence-electron chi connectivity index (χ2n) is 1.49. The summed E-state index contributed by atoms with van der Waals surface area (Å²) in [5.41, 5.74) is 0. The van der Waals surface area contributed by atoms with E-state index in [1.54, 1.807) is 0 Å². The molecule has 40 valence electrons. The molecule has 0 saturated heterocycles. The molecular formula is C5H10N2. The van der Waals surface area contributed by atoms with Crippen LogP contribution in [0.15, 0.2) is 0 Å². The summed E-state index contributed by atoms with van der Waals surface area (Å²) in [5.74, 6) is 0. The highest BCUT2D eigenvalue weighted by Gasteiger charge is 1.86. The Kier molecular flexibility index (Phi) is 3.35. The van der Waals surface area contributed by atoms with Gasteiger partial charge in [0.1, 0.15) is 0 Å². The molecule has 0 N–H and O–H groups in total. The molecule has 0 radical (unpaired) electrons. The molecule has 0 amide bonds. The van der Waals surface area contributed by atoms with E-state index in [0.29, 0.717) is 6.54 Å². The average Bonchev–Trinajstić information content (AvgIpc) is 1.68. The molecule has 0 heterocycles. The van der Waals surface area contributed by atoms with Crippen molar-refractivity contribution < 1.29 is 0 Å². The Morgan fingerprint density at radius 2 is 2.29 bits per heavy atom. The van der Waals surface area contributed by atoms with E-state index in [2.05, 4.69) is 0 Å². The van der Waals surface area contributed by atoms with Gasteiger partial charge in [-0.3, -0.25) is 4.90 Å². The SMILES string of the molecule is CCN(C)CC#N. The second kappa shape index (κ2) is 3.63. The Labute approximate surface area is 44.4 Å². The number of nitriles is 1. The third-order valence-corrected chi connectivity index (χ3v) is 0.880. The fraction of sp³-hybridized carbons (Fsp3) is 0.800. The smallest absolute Gasteiger partial charge is 0.0863 e. The summed E-state index contributed by atoms with van der Waals surface area (Å²) in [4.78, 5) is 1.94. The predicted molar refractivity (Wildman–Crippen MR) is 28.8 cm³/mol. The fourth-order valence-corrected chi connectivity index (χ4v) is 0.233. The first-order chi connectivity index (χ1) is 3.31. The minimum Gasteiger partial charge on any atom is -0.294 e. The van der Waals surface area contributed by atoms with E-state index in [4.69, 9.17) is 5.26 Å². The van der Waals surface area contributed by atoms with E-state index in [1.165, 1.54) is 0 Å². The lowest BCUT2D eigenvalue weighted by Crippen LogP contribution is -2.16. The van der Waals surface area contributed by atoms with Gasteiger partial charge < -0.3 is 0 Å². The van der Waals surface area contributed by atoms with E-state index < -0.39 is 0 Å². The zero-order valence-electron chi connectivity index (χ0n) is 4.81. The standard InChI is InChI=1S/C5H10N2/c1-3-7(2)5-4-6/h3,5H2,1-2H3. The minimum absolute atomic E-state index is 0.538. The van der Waals surface area contributed by atoms with Gasteiger partial charge in [-0.05, 0) is 13.6 Å². The Morgan fingerprint density at radius 1 is 1.71 bits per heavy atom. The summed E-state index contributed by atoms with van der Waals surface area (Å²) >= 11 is 0. The molecule has 2 heteroatoms. The average molecular weight is 98.1 g/mol. The molecule has 0 unspecified atom stereocenters. The maximum atomic E-state index is 8.08. The van der Waals surface area contributed by atoms with Crippen molar-refractivity contribution in [1.82, 2.24) is 4.90 Å². The Balaban J connectivity index is 3.03. The number of hydrogen-bond donors (Lipinski definition) is 0. The Bertz CT molecular complexity index is 72.6. The highest BCUT2D eigenvalue weighted by molar-refractivity contribution is 4.72. The Hall–Kier alpha value is -0.550. The molecule has 0 rings (SSSR count). The van der Waals surface area contributed by atoms with Crippen LogP contribution in [0.4, 0.5) is 0 Å². The van der Waals surface area contributed by atoms with Gasteiger partial charge in [0.25, 0.3) is 0 Å². The molecule has 0 atom stereocenters. The van der Waals surface area contributed by atoms with E-state index in [0.717, 1.165) is 6.54 Å². The van der Waals surface area contributed by atoms with Crippen molar-refractivity contribution in [2.24, 2.45) is 0 Å². The minimum atomic E-state index is 0.538. The van der Waals surface area contributed by atoms with Gasteiger partial charge in [0.05, 0.1) is 12.6 Å². The molecule has 0 aromatic carbocycles. The maximum Gasteiger partial charge on any atom is 0.0863 e. The van der Waals surface area contributed by atoms with Crippen LogP contribution >= 0.6 is 0 Å². The van der Waals surface area contributed by atoms with Crippen molar-refractivity contribution >= 4 is 0 Å². The summed E-state index contributed by atoms with van der Waals surface area (Å²) in [6, 6.07) is 2.04. The lowest BCUT2D eigenvalue weighted by Gasteiger charge is -2.05. The lowest BCUT2D eigenvalue weighted by molar-refractivity contribution is 0.396. The quantitative estimate of drug-likeness (QED) is 0.469. The summed E-state index contributed by atoms with van der Waals surface area (Å²) < 4.78 is 0. The van der Waals surface area contributed by atoms with Crippen molar-refractivity contribution in [3.63, 3.8) is 0 Å². The monoisotopic (exact) mass is 98.1 g/mol. The van der Waals surface area contributed by atoms with Crippen LogP contribution in [-0.2, 0) is 0 Å². The van der Waals surface area contributed by atoms with Crippen molar-refractivity contribution in [2.45, 2.75) is 6.92 Å². The molecular weight excluding hydrogens is 88.1 g/mol. The molecule has 2 nitrogen and oxygen atoms in total. The molecule has 0 saturated carbocycles. The normalized spacial score (nSPS) is 8.86. The van der Waals surface area contributed by atoms with Gasteiger partial charge in [0.15, 0.2) is 0 Å². The molecule has 0 fully saturated rings. The van der Waals surface area contributed by atoms with Crippen LogP contribution < -0.4 is 0 Å². The van der Waals surface area contributed by atoms with Crippen LogP contribution in [0.5, 0.6) is 0 Å². The zero-order valence-corrected chi connectivity index (χ0v) is 4.81. The summed E-state index contributed by atoms with van der Waals surface area (Å²) in [5, 5.41) is 8.08. The summed E-state index contributed by atoms with van der Waals surface area (Å²) in [6.45, 7) is 3.52. The van der Waals surface area contributed by atoms with Gasteiger partial charge >= 0.3 is 0 Å². The fourth-order valence-electron chi connectivity index (χ4n) is 0.233. The molecule has 0 aliphatic carbocycles. The van der Waals surface area contributed by atoms with E-state index in [-0.39, 0.29) is 0 Å². The zero-order chi connectivity index (χ0) is 5.70. The van der Waals surface area contributed by atoms with Crippen molar-refractivity contribution in [3.8, 4) is 6.07 Å². The van der Waals surface area contributed by atoms with Crippen LogP contribution in [0.1, 0.15) is 6.92 Å². The van der Waals surface area contributed by atoms with Crippen molar-refractivity contribution in [3.05, 3.63) is 0 Å². The van der Waals surface area contributed by atoms with Crippen molar-refractivity contribution in [1.29, 1.82) is 5.26 Å². The highest BCUT2D eigenvalue weighted by atomic mass is 15.1. The number of nitrogens with zero attached hydrogens (tertiary/aromatic N) is 2. The lowest BCUT2D eigenvalue weighted by atomic mass is 10.6. The van der Waals surface area contributed by atoms with E-state index in [1.807, 2.05) is 24.9 Å². The van der Waals surface area contributed by atoms with Crippen LogP contribution in [0.3, 0.4) is 0 Å². The van der Waals surface area contributed by atoms with Crippen LogP contribution in [0, 0.1) is 11.3 Å². The van der Waals surface area contributed by atoms with Gasteiger partial charge in [-0.25, -0.2) is 0 Å². The largest absolute Gasteiger partial charge is 0.294 e. The second-order valence-corrected chi connectivity index (χ2v) is 1.49. The molecule has 0 aromatic rings. The van der Waals surface area contributed by atoms with Crippen LogP contribution in [0.2, 0.25) is 0 Å². The maximum absolute atomic E-state index is 8.08. The van der Waals surface area contributed by atoms with Gasteiger partial charge in [-0.1, -0.05) is 6.92 Å². The molecule has 0 bridgehead atoms. The third kappa shape index (κ3) is 3.28. The van der Waals surface area contributed by atoms with E-state index in [9.17, 15) is 0 Å². The van der Waals surface area contributed by atoms with Crippen LogP contribution in [0.25, 0.3) is 0 Å². The topological polar surface area (TPSA) is 27.0 Å². The van der Waals surface area contributed by atoms with Crippen molar-refractivity contribution in [2.75, 3.05) is 20.1 Å². The van der Waals surface area contributed by atoms with E-state index >= 15 is 0 Å². The molecule has 0 aliphatic heterocycles. The molecule has 0 spiro atoms. The first kappa shape index (κ1) is 6.45. The molecule has 7 heavy (non-hydrogen) atoms. The molecule has 0 aliphatic rings. The van der Waals surface area contributed by atoms with Gasteiger partial charge in [0, 0.05) is 0 Å². The number of hydrogen-bond acceptors (Lipinski definition) is 2. The first-order valence-electron chi connectivity index (χ1n) is 2.36. The predicted octanol–water partition coefficient (Wildman–Crippen LogP) is 0.462. The van der Waals surface area contributed by atoms with Gasteiger partial charge in [0.2, 0.25) is 0 Å². The number of rotatable bonds is 2. The Morgan fingerprint density at radius 3 is 2.43 bits per heavy atom. The summed E-state index contributed by atoms with van der Waals surface area (Å²) in [7, 11) is 1.92.